The molecule has 0 spiro atoms. The van der Waals surface area contributed by atoms with Crippen molar-refractivity contribution < 1.29 is 9.59 Å². The summed E-state index contributed by atoms with van der Waals surface area (Å²) in [7, 11) is 0. The third kappa shape index (κ3) is 2.18. The molecule has 0 aromatic carbocycles. The summed E-state index contributed by atoms with van der Waals surface area (Å²) < 4.78 is 0. The highest BCUT2D eigenvalue weighted by Gasteiger charge is 1.91. The summed E-state index contributed by atoms with van der Waals surface area (Å²) in [5.74, 6) is 0. The van der Waals surface area contributed by atoms with Crippen LogP contribution in [0.5, 0.6) is 0 Å². The average molecular weight is 148 g/mol. The highest BCUT2D eigenvalue weighted by atomic mass is 32.1. The molecule has 4 heteroatoms. The van der Waals surface area contributed by atoms with Crippen molar-refractivity contribution >= 4 is 37.8 Å². The fourth-order valence-electron chi connectivity index (χ4n) is 0.121. The van der Waals surface area contributed by atoms with E-state index in [0.29, 0.717) is 12.6 Å². The molecule has 0 amide bonds. The van der Waals surface area contributed by atoms with Gasteiger partial charge in [-0.25, -0.2) is 0 Å². The minimum atomic E-state index is 0.0586. The van der Waals surface area contributed by atoms with Gasteiger partial charge in [-0.3, -0.25) is 9.59 Å². The van der Waals surface area contributed by atoms with Crippen LogP contribution in [0.25, 0.3) is 0 Å². The molecule has 44 valence electrons. The second-order valence-corrected chi connectivity index (χ2v) is 1.97. The molecule has 0 saturated carbocycles. The number of carbonyl (C=O) groups is 2. The molecule has 0 heterocycles. The van der Waals surface area contributed by atoms with E-state index >= 15 is 0 Å². The Kier molecular flexibility index (Phi) is 3.64. The van der Waals surface area contributed by atoms with Gasteiger partial charge >= 0.3 is 0 Å². The van der Waals surface area contributed by atoms with Crippen LogP contribution in [0.2, 0.25) is 0 Å². The lowest BCUT2D eigenvalue weighted by atomic mass is 10.5. The number of thiol groups is 2. The van der Waals surface area contributed by atoms with Crippen molar-refractivity contribution in [2.24, 2.45) is 0 Å². The molecule has 0 N–H and O–H groups in total. The molecular weight excluding hydrogens is 144 g/mol. The van der Waals surface area contributed by atoms with E-state index in [4.69, 9.17) is 0 Å². The monoisotopic (exact) mass is 148 g/mol. The van der Waals surface area contributed by atoms with Gasteiger partial charge in [0.1, 0.15) is 0 Å². The highest BCUT2D eigenvalue weighted by Crippen LogP contribution is 2.05. The lowest BCUT2D eigenvalue weighted by molar-refractivity contribution is -0.106. The summed E-state index contributed by atoms with van der Waals surface area (Å²) in [4.78, 5) is 19.6. The van der Waals surface area contributed by atoms with Crippen molar-refractivity contribution in [3.63, 3.8) is 0 Å². The van der Waals surface area contributed by atoms with Gasteiger partial charge in [0.05, 0.1) is 9.81 Å². The van der Waals surface area contributed by atoms with Gasteiger partial charge in [0, 0.05) is 0 Å². The lowest BCUT2D eigenvalue weighted by Gasteiger charge is -1.83. The van der Waals surface area contributed by atoms with E-state index < -0.39 is 0 Å². The van der Waals surface area contributed by atoms with Crippen molar-refractivity contribution in [3.05, 3.63) is 9.81 Å². The minimum Gasteiger partial charge on any atom is -0.297 e. The summed E-state index contributed by atoms with van der Waals surface area (Å²) in [5.41, 5.74) is 0. The van der Waals surface area contributed by atoms with Crippen LogP contribution in [0.1, 0.15) is 0 Å². The smallest absolute Gasteiger partial charge is 0.157 e. The van der Waals surface area contributed by atoms with Gasteiger partial charge in [0.2, 0.25) is 0 Å². The number of allylic oxidation sites excluding steroid dienone is 2. The molecule has 0 aliphatic rings. The Morgan fingerprint density at radius 3 is 1.38 bits per heavy atom. The maximum atomic E-state index is 9.76. The second kappa shape index (κ2) is 3.74. The van der Waals surface area contributed by atoms with E-state index in [1.165, 1.54) is 0 Å². The van der Waals surface area contributed by atoms with Gasteiger partial charge in [0.15, 0.2) is 12.6 Å². The Hall–Kier alpha value is -0.220. The summed E-state index contributed by atoms with van der Waals surface area (Å²) in [6, 6.07) is 0. The van der Waals surface area contributed by atoms with Crippen molar-refractivity contribution in [2.75, 3.05) is 0 Å². The first kappa shape index (κ1) is 7.78. The summed E-state index contributed by atoms with van der Waals surface area (Å²) in [6.07, 6.45) is 0.916. The zero-order chi connectivity index (χ0) is 6.57. The predicted octanol–water partition coefficient (Wildman–Crippen LogP) is 0.455. The number of hydrogen-bond acceptors (Lipinski definition) is 4. The Balaban J connectivity index is 4.25. The summed E-state index contributed by atoms with van der Waals surface area (Å²) >= 11 is 7.22. The van der Waals surface area contributed by atoms with Gasteiger partial charge in [-0.2, -0.15) is 0 Å². The maximum Gasteiger partial charge on any atom is 0.157 e. The van der Waals surface area contributed by atoms with E-state index in [1.54, 1.807) is 0 Å². The average Bonchev–Trinajstić information content (AvgIpc) is 1.84. The van der Waals surface area contributed by atoms with Crippen LogP contribution in [0.3, 0.4) is 0 Å². The van der Waals surface area contributed by atoms with Crippen molar-refractivity contribution in [1.29, 1.82) is 0 Å². The van der Waals surface area contributed by atoms with E-state index in [0.717, 1.165) is 0 Å². The molecule has 0 saturated heterocycles. The molecule has 0 aliphatic heterocycles. The van der Waals surface area contributed by atoms with Crippen LogP contribution in [-0.4, -0.2) is 12.6 Å². The zero-order valence-corrected chi connectivity index (χ0v) is 5.65. The van der Waals surface area contributed by atoms with E-state index in [9.17, 15) is 9.59 Å². The van der Waals surface area contributed by atoms with Gasteiger partial charge in [0.25, 0.3) is 0 Å². The maximum absolute atomic E-state index is 9.76. The second-order valence-electron chi connectivity index (χ2n) is 1.01. The molecule has 0 rings (SSSR count). The van der Waals surface area contributed by atoms with Gasteiger partial charge in [-0.05, 0) is 0 Å². The molecule has 0 fully saturated rings. The molecule has 0 aromatic heterocycles. The van der Waals surface area contributed by atoms with Crippen LogP contribution in [0.15, 0.2) is 9.81 Å². The molecule has 0 radical (unpaired) electrons. The van der Waals surface area contributed by atoms with E-state index in [2.05, 4.69) is 25.3 Å². The molecule has 0 aliphatic carbocycles. The molecular formula is C4H4O2S2. The predicted molar refractivity (Wildman–Crippen MR) is 37.1 cm³/mol. The molecule has 2 nitrogen and oxygen atoms in total. The largest absolute Gasteiger partial charge is 0.297 e. The minimum absolute atomic E-state index is 0.0586. The molecule has 0 unspecified atom stereocenters. The topological polar surface area (TPSA) is 34.1 Å². The summed E-state index contributed by atoms with van der Waals surface area (Å²) in [5, 5.41) is 0. The quantitative estimate of drug-likeness (QED) is 0.339. The van der Waals surface area contributed by atoms with Gasteiger partial charge < -0.3 is 0 Å². The number of aldehydes is 2. The highest BCUT2D eigenvalue weighted by molar-refractivity contribution is 7.89. The van der Waals surface area contributed by atoms with E-state index in [1.807, 2.05) is 0 Å². The standard InChI is InChI=1S/C4H4O2S2/c5-1-3(7)4(8)2-6/h1-2,7-8H. The first-order valence-electron chi connectivity index (χ1n) is 1.75. The third-order valence-electron chi connectivity index (χ3n) is 0.486. The van der Waals surface area contributed by atoms with Gasteiger partial charge in [-0.15, -0.1) is 25.3 Å². The molecule has 8 heavy (non-hydrogen) atoms. The normalized spacial score (nSPS) is 12.2. The van der Waals surface area contributed by atoms with Crippen molar-refractivity contribution in [2.45, 2.75) is 0 Å². The van der Waals surface area contributed by atoms with Crippen LogP contribution in [0.4, 0.5) is 0 Å². The Labute approximate surface area is 57.8 Å². The molecule has 0 atom stereocenters. The Morgan fingerprint density at radius 1 is 1.00 bits per heavy atom. The molecule has 0 aromatic rings. The van der Waals surface area contributed by atoms with Crippen molar-refractivity contribution in [3.8, 4) is 0 Å². The van der Waals surface area contributed by atoms with Crippen LogP contribution >= 0.6 is 25.3 Å². The Morgan fingerprint density at radius 2 is 1.25 bits per heavy atom. The van der Waals surface area contributed by atoms with E-state index in [-0.39, 0.29) is 9.81 Å². The number of hydrogen-bond donors (Lipinski definition) is 2. The SMILES string of the molecule is O=CC(S)=C(S)C=O. The zero-order valence-electron chi connectivity index (χ0n) is 3.87. The molecule has 0 bridgehead atoms. The van der Waals surface area contributed by atoms with Crippen LogP contribution < -0.4 is 0 Å². The lowest BCUT2D eigenvalue weighted by Crippen LogP contribution is -1.79. The first-order chi connectivity index (χ1) is 3.72. The fourth-order valence-corrected chi connectivity index (χ4v) is 0.226. The van der Waals surface area contributed by atoms with Crippen LogP contribution in [0, 0.1) is 0 Å². The number of rotatable bonds is 2. The number of carbonyl (C=O) groups excluding carboxylic acids is 2. The first-order valence-corrected chi connectivity index (χ1v) is 2.64. The van der Waals surface area contributed by atoms with Crippen molar-refractivity contribution in [1.82, 2.24) is 0 Å². The van der Waals surface area contributed by atoms with Crippen LogP contribution in [-0.2, 0) is 9.59 Å². The summed E-state index contributed by atoms with van der Waals surface area (Å²) in [6.45, 7) is 0. The third-order valence-corrected chi connectivity index (χ3v) is 1.35. The fraction of sp³-hybridized carbons (Fsp3) is 0. The Bertz CT molecular complexity index is 123. The van der Waals surface area contributed by atoms with Gasteiger partial charge in [-0.1, -0.05) is 0 Å².